The summed E-state index contributed by atoms with van der Waals surface area (Å²) < 4.78 is 26.3. The van der Waals surface area contributed by atoms with Gasteiger partial charge in [0.2, 0.25) is 0 Å². The van der Waals surface area contributed by atoms with Gasteiger partial charge in [-0.2, -0.15) is 4.31 Å². The average Bonchev–Trinajstić information content (AvgIpc) is 2.89. The lowest BCUT2D eigenvalue weighted by molar-refractivity contribution is 0.0687. The molecule has 0 spiro atoms. The van der Waals surface area contributed by atoms with E-state index >= 15 is 0 Å². The van der Waals surface area contributed by atoms with Crippen LogP contribution < -0.4 is 0 Å². The van der Waals surface area contributed by atoms with Crippen LogP contribution >= 0.6 is 11.3 Å². The van der Waals surface area contributed by atoms with E-state index in [9.17, 15) is 13.2 Å². The first kappa shape index (κ1) is 15.4. The number of rotatable bonds is 4. The van der Waals surface area contributed by atoms with Crippen molar-refractivity contribution in [2.24, 2.45) is 0 Å². The molecule has 0 aliphatic carbocycles. The second kappa shape index (κ2) is 5.76. The Morgan fingerprint density at radius 2 is 2.25 bits per heavy atom. The molecule has 7 nitrogen and oxygen atoms in total. The van der Waals surface area contributed by atoms with Crippen LogP contribution in [0, 0.1) is 0 Å². The van der Waals surface area contributed by atoms with Gasteiger partial charge in [0.05, 0.1) is 5.51 Å². The van der Waals surface area contributed by atoms with E-state index in [-0.39, 0.29) is 15.9 Å². The van der Waals surface area contributed by atoms with Crippen LogP contribution in [0.25, 0.3) is 0 Å². The minimum absolute atomic E-state index is 0.153. The highest BCUT2D eigenvalue weighted by Crippen LogP contribution is 2.26. The summed E-state index contributed by atoms with van der Waals surface area (Å²) in [6.45, 7) is 3.39. The molecule has 1 aromatic rings. The van der Waals surface area contributed by atoms with Crippen molar-refractivity contribution in [3.63, 3.8) is 0 Å². The summed E-state index contributed by atoms with van der Waals surface area (Å²) in [5.74, 6) is -1.31. The molecule has 1 fully saturated rings. The van der Waals surface area contributed by atoms with Crippen molar-refractivity contribution in [3.05, 3.63) is 11.2 Å². The van der Waals surface area contributed by atoms with Crippen molar-refractivity contribution in [2.45, 2.75) is 23.6 Å². The lowest BCUT2D eigenvalue weighted by atomic mass is 10.1. The number of likely N-dealkylation sites (N-methyl/N-ethyl adjacent to an activating group) is 1. The Morgan fingerprint density at radius 3 is 2.85 bits per heavy atom. The third-order valence-corrected chi connectivity index (χ3v) is 6.73. The van der Waals surface area contributed by atoms with Crippen molar-refractivity contribution < 1.29 is 18.3 Å². The SMILES string of the molecule is CCC1CN(S(=O)(=O)c2scnc2C(=O)O)CCN1C. The minimum Gasteiger partial charge on any atom is -0.476 e. The topological polar surface area (TPSA) is 90.8 Å². The molecular formula is C11H17N3O4S2. The van der Waals surface area contributed by atoms with Gasteiger partial charge in [0.25, 0.3) is 10.0 Å². The van der Waals surface area contributed by atoms with Crippen LogP contribution in [-0.2, 0) is 10.0 Å². The van der Waals surface area contributed by atoms with E-state index in [1.165, 1.54) is 9.82 Å². The van der Waals surface area contributed by atoms with Gasteiger partial charge in [-0.1, -0.05) is 6.92 Å². The number of aromatic carboxylic acids is 1. The standard InChI is InChI=1S/C11H17N3O4S2/c1-3-8-6-14(5-4-13(8)2)20(17,18)11-9(10(15)16)12-7-19-11/h7-8H,3-6H2,1-2H3,(H,15,16). The molecule has 1 N–H and O–H groups in total. The largest absolute Gasteiger partial charge is 0.476 e. The van der Waals surface area contributed by atoms with E-state index in [0.29, 0.717) is 19.6 Å². The van der Waals surface area contributed by atoms with Crippen LogP contribution in [0.4, 0.5) is 0 Å². The van der Waals surface area contributed by atoms with Gasteiger partial charge in [0.15, 0.2) is 9.90 Å². The first-order valence-electron chi connectivity index (χ1n) is 6.25. The number of hydrogen-bond donors (Lipinski definition) is 1. The third-order valence-electron chi connectivity index (χ3n) is 3.52. The van der Waals surface area contributed by atoms with Crippen molar-refractivity contribution in [1.82, 2.24) is 14.2 Å². The van der Waals surface area contributed by atoms with Crippen LogP contribution in [0.1, 0.15) is 23.8 Å². The first-order chi connectivity index (χ1) is 9.37. The molecule has 1 saturated heterocycles. The maximum absolute atomic E-state index is 12.6. The Kier molecular flexibility index (Phi) is 4.43. The molecule has 1 aliphatic rings. The second-order valence-corrected chi connectivity index (χ2v) is 7.69. The fourth-order valence-corrected chi connectivity index (χ4v) is 5.00. The fourth-order valence-electron chi connectivity index (χ4n) is 2.25. The predicted molar refractivity (Wildman–Crippen MR) is 74.5 cm³/mol. The van der Waals surface area contributed by atoms with E-state index in [1.807, 2.05) is 14.0 Å². The lowest BCUT2D eigenvalue weighted by Gasteiger charge is -2.38. The minimum atomic E-state index is -3.78. The highest BCUT2D eigenvalue weighted by atomic mass is 32.2. The summed E-state index contributed by atoms with van der Waals surface area (Å²) in [5, 5.41) is 9.01. The zero-order chi connectivity index (χ0) is 14.9. The number of nitrogens with zero attached hydrogens (tertiary/aromatic N) is 3. The van der Waals surface area contributed by atoms with Crippen LogP contribution in [-0.4, -0.2) is 66.4 Å². The molecule has 1 atom stereocenters. The smallest absolute Gasteiger partial charge is 0.356 e. The van der Waals surface area contributed by atoms with Gasteiger partial charge in [0, 0.05) is 25.7 Å². The zero-order valence-electron chi connectivity index (χ0n) is 11.3. The predicted octanol–water partition coefficient (Wildman–Crippen LogP) is 0.556. The Balaban J connectivity index is 2.31. The van der Waals surface area contributed by atoms with E-state index < -0.39 is 16.0 Å². The number of sulfonamides is 1. The lowest BCUT2D eigenvalue weighted by Crippen LogP contribution is -2.52. The van der Waals surface area contributed by atoms with Crippen LogP contribution in [0.15, 0.2) is 9.72 Å². The monoisotopic (exact) mass is 319 g/mol. The van der Waals surface area contributed by atoms with E-state index in [4.69, 9.17) is 5.11 Å². The van der Waals surface area contributed by atoms with Gasteiger partial charge >= 0.3 is 5.97 Å². The van der Waals surface area contributed by atoms with E-state index in [2.05, 4.69) is 9.88 Å². The molecule has 20 heavy (non-hydrogen) atoms. The molecule has 0 saturated carbocycles. The molecule has 1 aromatic heterocycles. The van der Waals surface area contributed by atoms with E-state index in [1.54, 1.807) is 0 Å². The van der Waals surface area contributed by atoms with Crippen LogP contribution in [0.5, 0.6) is 0 Å². The van der Waals surface area contributed by atoms with Gasteiger partial charge < -0.3 is 10.0 Å². The van der Waals surface area contributed by atoms with Crippen LogP contribution in [0.2, 0.25) is 0 Å². The van der Waals surface area contributed by atoms with Crippen molar-refractivity contribution >= 4 is 27.3 Å². The van der Waals surface area contributed by atoms with Gasteiger partial charge in [-0.25, -0.2) is 18.2 Å². The Hall–Kier alpha value is -1.03. The number of piperazine rings is 1. The quantitative estimate of drug-likeness (QED) is 0.872. The Morgan fingerprint density at radius 1 is 1.55 bits per heavy atom. The summed E-state index contributed by atoms with van der Waals surface area (Å²) >= 11 is 0.853. The Labute approximate surface area is 121 Å². The fraction of sp³-hybridized carbons (Fsp3) is 0.636. The molecule has 2 rings (SSSR count). The van der Waals surface area contributed by atoms with Gasteiger partial charge in [-0.15, -0.1) is 11.3 Å². The zero-order valence-corrected chi connectivity index (χ0v) is 12.9. The highest BCUT2D eigenvalue weighted by molar-refractivity contribution is 7.91. The number of hydrogen-bond acceptors (Lipinski definition) is 6. The number of carboxylic acids is 1. The summed E-state index contributed by atoms with van der Waals surface area (Å²) in [6, 6.07) is 0.153. The maximum atomic E-state index is 12.6. The summed E-state index contributed by atoms with van der Waals surface area (Å²) in [5.41, 5.74) is 0.867. The molecule has 1 unspecified atom stereocenters. The molecule has 0 amide bonds. The molecule has 9 heteroatoms. The second-order valence-electron chi connectivity index (χ2n) is 4.70. The first-order valence-corrected chi connectivity index (χ1v) is 8.57. The van der Waals surface area contributed by atoms with Crippen molar-refractivity contribution in [1.29, 1.82) is 0 Å². The van der Waals surface area contributed by atoms with Crippen molar-refractivity contribution in [2.75, 3.05) is 26.7 Å². The maximum Gasteiger partial charge on any atom is 0.356 e. The summed E-state index contributed by atoms with van der Waals surface area (Å²) in [6.07, 6.45) is 0.844. The molecular weight excluding hydrogens is 302 g/mol. The number of carboxylic acid groups (broad SMARTS) is 1. The van der Waals surface area contributed by atoms with Gasteiger partial charge in [-0.3, -0.25) is 0 Å². The van der Waals surface area contributed by atoms with Crippen molar-refractivity contribution in [3.8, 4) is 0 Å². The Bertz CT molecular complexity index is 599. The molecule has 0 bridgehead atoms. The molecule has 0 radical (unpaired) electrons. The molecule has 1 aliphatic heterocycles. The van der Waals surface area contributed by atoms with Gasteiger partial charge in [-0.05, 0) is 13.5 Å². The third kappa shape index (κ3) is 2.71. The highest BCUT2D eigenvalue weighted by Gasteiger charge is 2.35. The normalized spacial score (nSPS) is 22.0. The average molecular weight is 319 g/mol. The number of carbonyl (C=O) groups is 1. The molecule has 112 valence electrons. The molecule has 2 heterocycles. The van der Waals surface area contributed by atoms with E-state index in [0.717, 1.165) is 17.8 Å². The molecule has 0 aromatic carbocycles. The number of thiazole rings is 1. The van der Waals surface area contributed by atoms with Gasteiger partial charge in [0.1, 0.15) is 0 Å². The summed E-state index contributed by atoms with van der Waals surface area (Å²) in [4.78, 5) is 16.8. The summed E-state index contributed by atoms with van der Waals surface area (Å²) in [7, 11) is -1.81. The number of aromatic nitrogens is 1. The van der Waals surface area contributed by atoms with Crippen LogP contribution in [0.3, 0.4) is 0 Å².